The Bertz CT molecular complexity index is 613. The average molecular weight is 280 g/mol. The van der Waals surface area contributed by atoms with Gasteiger partial charge >= 0.3 is 5.97 Å². The molecule has 0 aliphatic heterocycles. The summed E-state index contributed by atoms with van der Waals surface area (Å²) in [5, 5.41) is 1.20. The van der Waals surface area contributed by atoms with E-state index in [0.717, 1.165) is 17.6 Å². The first-order chi connectivity index (χ1) is 9.15. The number of aromatic nitrogens is 1. The molecule has 0 aliphatic rings. The van der Waals surface area contributed by atoms with Crippen LogP contribution in [0.4, 0.5) is 0 Å². The van der Waals surface area contributed by atoms with E-state index in [1.54, 1.807) is 6.07 Å². The molecule has 4 nitrogen and oxygen atoms in total. The molecule has 5 heteroatoms. The van der Waals surface area contributed by atoms with Crippen LogP contribution >= 0.6 is 11.6 Å². The molecule has 0 amide bonds. The molecule has 0 atom stereocenters. The van der Waals surface area contributed by atoms with Crippen molar-refractivity contribution in [3.05, 3.63) is 35.0 Å². The lowest BCUT2D eigenvalue weighted by molar-refractivity contribution is 0.0594. The number of benzene rings is 1. The van der Waals surface area contributed by atoms with Gasteiger partial charge in [-0.2, -0.15) is 0 Å². The van der Waals surface area contributed by atoms with E-state index in [9.17, 15) is 4.79 Å². The Balaban J connectivity index is 2.44. The highest BCUT2D eigenvalue weighted by molar-refractivity contribution is 6.35. The minimum atomic E-state index is -0.505. The van der Waals surface area contributed by atoms with Crippen LogP contribution in [-0.2, 0) is 4.74 Å². The summed E-state index contributed by atoms with van der Waals surface area (Å²) >= 11 is 6.17. The number of methoxy groups -OCH3 is 1. The molecule has 19 heavy (non-hydrogen) atoms. The fourth-order valence-electron chi connectivity index (χ4n) is 1.68. The maximum atomic E-state index is 11.4. The lowest BCUT2D eigenvalue weighted by Gasteiger charge is -2.07. The van der Waals surface area contributed by atoms with E-state index in [1.807, 2.05) is 19.1 Å². The second kappa shape index (κ2) is 5.89. The zero-order valence-corrected chi connectivity index (χ0v) is 11.5. The first-order valence-corrected chi connectivity index (χ1v) is 6.35. The first kappa shape index (κ1) is 13.6. The summed E-state index contributed by atoms with van der Waals surface area (Å²) in [6.07, 6.45) is 0.936. The number of pyridine rings is 1. The zero-order valence-electron chi connectivity index (χ0n) is 10.8. The number of fused-ring (bicyclic) bond motifs is 1. The third kappa shape index (κ3) is 2.96. The van der Waals surface area contributed by atoms with Crippen LogP contribution in [0.3, 0.4) is 0 Å². The van der Waals surface area contributed by atoms with E-state index in [4.69, 9.17) is 16.3 Å². The molecule has 0 N–H and O–H groups in total. The van der Waals surface area contributed by atoms with Gasteiger partial charge in [-0.25, -0.2) is 9.78 Å². The van der Waals surface area contributed by atoms with Gasteiger partial charge < -0.3 is 9.47 Å². The Hall–Kier alpha value is -1.81. The van der Waals surface area contributed by atoms with Gasteiger partial charge in [0.25, 0.3) is 0 Å². The summed E-state index contributed by atoms with van der Waals surface area (Å²) in [7, 11) is 1.31. The molecule has 2 rings (SSSR count). The molecule has 0 aliphatic carbocycles. The number of hydrogen-bond acceptors (Lipinski definition) is 4. The largest absolute Gasteiger partial charge is 0.494 e. The number of esters is 1. The topological polar surface area (TPSA) is 48.4 Å². The van der Waals surface area contributed by atoms with Gasteiger partial charge in [0.1, 0.15) is 5.75 Å². The van der Waals surface area contributed by atoms with Crippen molar-refractivity contribution in [2.45, 2.75) is 13.3 Å². The van der Waals surface area contributed by atoms with Crippen LogP contribution in [0.1, 0.15) is 23.8 Å². The SMILES string of the molecule is CCCOc1ccc2nc(C(=O)OC)cc(Cl)c2c1. The Morgan fingerprint density at radius 3 is 2.84 bits per heavy atom. The minimum Gasteiger partial charge on any atom is -0.494 e. The van der Waals surface area contributed by atoms with E-state index >= 15 is 0 Å². The van der Waals surface area contributed by atoms with E-state index in [2.05, 4.69) is 9.72 Å². The summed E-state index contributed by atoms with van der Waals surface area (Å²) in [5.41, 5.74) is 0.832. The molecule has 1 aromatic carbocycles. The van der Waals surface area contributed by atoms with Crippen LogP contribution in [0.5, 0.6) is 5.75 Å². The van der Waals surface area contributed by atoms with E-state index in [1.165, 1.54) is 13.2 Å². The standard InChI is InChI=1S/C14H14ClNO3/c1-3-6-19-9-4-5-12-10(7-9)11(15)8-13(16-12)14(17)18-2/h4-5,7-8H,3,6H2,1-2H3. The maximum Gasteiger partial charge on any atom is 0.356 e. The highest BCUT2D eigenvalue weighted by Crippen LogP contribution is 2.27. The number of carbonyl (C=O) groups excluding carboxylic acids is 1. The van der Waals surface area contributed by atoms with Crippen molar-refractivity contribution in [1.82, 2.24) is 4.98 Å². The number of halogens is 1. The Labute approximate surface area is 116 Å². The molecule has 100 valence electrons. The third-order valence-corrected chi connectivity index (χ3v) is 2.91. The van der Waals surface area contributed by atoms with E-state index in [-0.39, 0.29) is 5.69 Å². The highest BCUT2D eigenvalue weighted by atomic mass is 35.5. The Morgan fingerprint density at radius 2 is 2.16 bits per heavy atom. The lowest BCUT2D eigenvalue weighted by atomic mass is 10.2. The molecule has 0 spiro atoms. The predicted molar refractivity (Wildman–Crippen MR) is 73.9 cm³/mol. The summed E-state index contributed by atoms with van der Waals surface area (Å²) < 4.78 is 10.2. The molecule has 0 unspecified atom stereocenters. The lowest BCUT2D eigenvalue weighted by Crippen LogP contribution is -2.04. The molecular weight excluding hydrogens is 266 g/mol. The molecule has 0 saturated heterocycles. The fraction of sp³-hybridized carbons (Fsp3) is 0.286. The van der Waals surface area contributed by atoms with Gasteiger partial charge in [0, 0.05) is 5.39 Å². The van der Waals surface area contributed by atoms with Gasteiger partial charge in [0.05, 0.1) is 24.3 Å². The predicted octanol–water partition coefficient (Wildman–Crippen LogP) is 3.46. The summed E-state index contributed by atoms with van der Waals surface area (Å²) in [6.45, 7) is 2.69. The van der Waals surface area contributed by atoms with Crippen molar-refractivity contribution in [3.63, 3.8) is 0 Å². The van der Waals surface area contributed by atoms with Crippen molar-refractivity contribution in [2.24, 2.45) is 0 Å². The van der Waals surface area contributed by atoms with Gasteiger partial charge in [-0.3, -0.25) is 0 Å². The van der Waals surface area contributed by atoms with Crippen molar-refractivity contribution in [2.75, 3.05) is 13.7 Å². The molecule has 0 saturated carbocycles. The van der Waals surface area contributed by atoms with E-state index in [0.29, 0.717) is 17.1 Å². The van der Waals surface area contributed by atoms with Gasteiger partial charge in [0.15, 0.2) is 5.69 Å². The van der Waals surface area contributed by atoms with Crippen molar-refractivity contribution >= 4 is 28.5 Å². The van der Waals surface area contributed by atoms with Crippen molar-refractivity contribution in [3.8, 4) is 5.75 Å². The van der Waals surface area contributed by atoms with Gasteiger partial charge in [0.2, 0.25) is 0 Å². The van der Waals surface area contributed by atoms with Crippen LogP contribution in [0.25, 0.3) is 10.9 Å². The minimum absolute atomic E-state index is 0.197. The van der Waals surface area contributed by atoms with Gasteiger partial charge in [-0.1, -0.05) is 18.5 Å². The highest BCUT2D eigenvalue weighted by Gasteiger charge is 2.12. The zero-order chi connectivity index (χ0) is 13.8. The smallest absolute Gasteiger partial charge is 0.356 e. The molecule has 1 heterocycles. The van der Waals surface area contributed by atoms with Crippen LogP contribution in [0, 0.1) is 0 Å². The summed E-state index contributed by atoms with van der Waals surface area (Å²) in [5.74, 6) is 0.235. The average Bonchev–Trinajstić information content (AvgIpc) is 2.44. The molecule has 1 aromatic heterocycles. The fourth-order valence-corrected chi connectivity index (χ4v) is 1.94. The Kier molecular flexibility index (Phi) is 4.22. The summed E-state index contributed by atoms with van der Waals surface area (Å²) in [6, 6.07) is 6.90. The molecule has 2 aromatic rings. The number of ether oxygens (including phenoxy) is 2. The number of nitrogens with zero attached hydrogens (tertiary/aromatic N) is 1. The number of carbonyl (C=O) groups is 1. The Morgan fingerprint density at radius 1 is 1.37 bits per heavy atom. The quantitative estimate of drug-likeness (QED) is 0.804. The normalized spacial score (nSPS) is 10.5. The number of hydrogen-bond donors (Lipinski definition) is 0. The van der Waals surface area contributed by atoms with Gasteiger partial charge in [-0.15, -0.1) is 0 Å². The van der Waals surface area contributed by atoms with Crippen LogP contribution in [0.15, 0.2) is 24.3 Å². The van der Waals surface area contributed by atoms with Crippen LogP contribution < -0.4 is 4.74 Å². The van der Waals surface area contributed by atoms with Crippen molar-refractivity contribution in [1.29, 1.82) is 0 Å². The van der Waals surface area contributed by atoms with Gasteiger partial charge in [-0.05, 0) is 30.7 Å². The van der Waals surface area contributed by atoms with E-state index < -0.39 is 5.97 Å². The second-order valence-electron chi connectivity index (χ2n) is 4.01. The first-order valence-electron chi connectivity index (χ1n) is 5.97. The second-order valence-corrected chi connectivity index (χ2v) is 4.42. The maximum absolute atomic E-state index is 11.4. The molecule has 0 radical (unpaired) electrons. The molecular formula is C14H14ClNO3. The number of rotatable bonds is 4. The molecule has 0 fully saturated rings. The summed E-state index contributed by atoms with van der Waals surface area (Å²) in [4.78, 5) is 15.7. The van der Waals surface area contributed by atoms with Crippen molar-refractivity contribution < 1.29 is 14.3 Å². The van der Waals surface area contributed by atoms with Crippen LogP contribution in [0.2, 0.25) is 5.02 Å². The molecule has 0 bridgehead atoms. The monoisotopic (exact) mass is 279 g/mol. The third-order valence-electron chi connectivity index (χ3n) is 2.60. The van der Waals surface area contributed by atoms with Crippen LogP contribution in [-0.4, -0.2) is 24.7 Å².